The van der Waals surface area contributed by atoms with Gasteiger partial charge in [-0.25, -0.2) is 0 Å². The summed E-state index contributed by atoms with van der Waals surface area (Å²) >= 11 is 0. The summed E-state index contributed by atoms with van der Waals surface area (Å²) in [6.45, 7) is 7.18. The van der Waals surface area contributed by atoms with E-state index in [4.69, 9.17) is 14.2 Å². The minimum absolute atomic E-state index is 0.0157. The van der Waals surface area contributed by atoms with E-state index in [2.05, 4.69) is 0 Å². The van der Waals surface area contributed by atoms with Crippen LogP contribution in [-0.4, -0.2) is 67.6 Å². The lowest BCUT2D eigenvalue weighted by Crippen LogP contribution is -2.51. The smallest absolute Gasteiger partial charge is 0.260 e. The number of hydrogen-bond acceptors (Lipinski definition) is 5. The van der Waals surface area contributed by atoms with Crippen LogP contribution in [0.2, 0.25) is 0 Å². The van der Waals surface area contributed by atoms with Crippen molar-refractivity contribution in [1.29, 1.82) is 0 Å². The van der Waals surface area contributed by atoms with Crippen molar-refractivity contribution in [3.05, 3.63) is 54.1 Å². The molecule has 7 nitrogen and oxygen atoms in total. The molecular formula is C25H32N2O5. The summed E-state index contributed by atoms with van der Waals surface area (Å²) in [7, 11) is 0. The van der Waals surface area contributed by atoms with Gasteiger partial charge in [0, 0.05) is 32.6 Å². The lowest BCUT2D eigenvalue weighted by molar-refractivity contribution is -0.140. The first-order valence-electron chi connectivity index (χ1n) is 11.2. The molecule has 1 saturated heterocycles. The topological polar surface area (TPSA) is 68.3 Å². The van der Waals surface area contributed by atoms with Crippen LogP contribution in [-0.2, 0) is 9.59 Å². The van der Waals surface area contributed by atoms with Gasteiger partial charge in [0.25, 0.3) is 5.91 Å². The average Bonchev–Trinajstić information content (AvgIpc) is 2.82. The number of benzene rings is 2. The molecule has 2 aromatic carbocycles. The molecule has 0 aromatic heterocycles. The van der Waals surface area contributed by atoms with Gasteiger partial charge in [-0.05, 0) is 56.2 Å². The van der Waals surface area contributed by atoms with Gasteiger partial charge >= 0.3 is 0 Å². The minimum Gasteiger partial charge on any atom is -0.494 e. The van der Waals surface area contributed by atoms with Crippen molar-refractivity contribution in [3.8, 4) is 17.2 Å². The Bertz CT molecular complexity index is 876. The Morgan fingerprint density at radius 3 is 2.03 bits per heavy atom. The molecule has 0 N–H and O–H groups in total. The fraction of sp³-hybridized carbons (Fsp3) is 0.440. The zero-order chi connectivity index (χ0) is 22.8. The summed E-state index contributed by atoms with van der Waals surface area (Å²) in [5, 5.41) is 0. The van der Waals surface area contributed by atoms with Crippen LogP contribution in [0.25, 0.3) is 0 Å². The van der Waals surface area contributed by atoms with Crippen molar-refractivity contribution < 1.29 is 23.8 Å². The van der Waals surface area contributed by atoms with Gasteiger partial charge < -0.3 is 24.0 Å². The first-order chi connectivity index (χ1) is 15.6. The average molecular weight is 441 g/mol. The minimum atomic E-state index is -0.0717. The fourth-order valence-corrected chi connectivity index (χ4v) is 3.52. The quantitative estimate of drug-likeness (QED) is 0.531. The third-order valence-electron chi connectivity index (χ3n) is 5.37. The summed E-state index contributed by atoms with van der Waals surface area (Å²) in [6.07, 6.45) is 1.11. The van der Waals surface area contributed by atoms with Gasteiger partial charge in [-0.2, -0.15) is 0 Å². The molecule has 0 aliphatic carbocycles. The van der Waals surface area contributed by atoms with Crippen LogP contribution < -0.4 is 14.2 Å². The molecule has 0 atom stereocenters. The Hall–Kier alpha value is -3.22. The summed E-state index contributed by atoms with van der Waals surface area (Å²) in [4.78, 5) is 28.5. The molecule has 2 amide bonds. The molecule has 1 fully saturated rings. The standard InChI is InChI=1S/C25H32N2O5/c1-3-30-21-10-12-22(13-11-21)32-19-25(29)27-16-14-26(15-17-27)24(28)9-6-18-31-23-8-5-4-7-20(23)2/h4-5,7-8,10-13H,3,6,9,14-19H2,1-2H3. The largest absolute Gasteiger partial charge is 0.494 e. The number of carbonyl (C=O) groups excluding carboxylic acids is 2. The highest BCUT2D eigenvalue weighted by molar-refractivity contribution is 5.79. The number of carbonyl (C=O) groups is 2. The third-order valence-corrected chi connectivity index (χ3v) is 5.37. The lowest BCUT2D eigenvalue weighted by atomic mass is 10.2. The van der Waals surface area contributed by atoms with E-state index in [1.165, 1.54) is 0 Å². The number of nitrogens with zero attached hydrogens (tertiary/aromatic N) is 2. The van der Waals surface area contributed by atoms with Crippen LogP contribution >= 0.6 is 0 Å². The number of para-hydroxylation sites is 1. The van der Waals surface area contributed by atoms with Crippen LogP contribution in [0, 0.1) is 6.92 Å². The monoisotopic (exact) mass is 440 g/mol. The van der Waals surface area contributed by atoms with Crippen molar-refractivity contribution in [2.45, 2.75) is 26.7 Å². The molecule has 1 aliphatic rings. The van der Waals surface area contributed by atoms with Gasteiger partial charge in [-0.15, -0.1) is 0 Å². The van der Waals surface area contributed by atoms with E-state index in [9.17, 15) is 9.59 Å². The second-order valence-corrected chi connectivity index (χ2v) is 7.67. The van der Waals surface area contributed by atoms with Gasteiger partial charge in [0.05, 0.1) is 13.2 Å². The molecule has 32 heavy (non-hydrogen) atoms. The molecule has 3 rings (SSSR count). The maximum atomic E-state index is 12.5. The summed E-state index contributed by atoms with van der Waals surface area (Å²) < 4.78 is 16.8. The normalized spacial score (nSPS) is 13.6. The molecule has 0 spiro atoms. The number of aryl methyl sites for hydroxylation is 1. The van der Waals surface area contributed by atoms with E-state index >= 15 is 0 Å². The van der Waals surface area contributed by atoms with Crippen LogP contribution in [0.5, 0.6) is 17.2 Å². The Labute approximate surface area is 189 Å². The van der Waals surface area contributed by atoms with Gasteiger partial charge in [-0.3, -0.25) is 9.59 Å². The third kappa shape index (κ3) is 6.90. The molecule has 2 aromatic rings. The number of ether oxygens (including phenoxy) is 3. The highest BCUT2D eigenvalue weighted by atomic mass is 16.5. The zero-order valence-electron chi connectivity index (χ0n) is 18.9. The van der Waals surface area contributed by atoms with E-state index in [1.807, 2.05) is 55.1 Å². The molecule has 0 unspecified atom stereocenters. The number of rotatable bonds is 10. The van der Waals surface area contributed by atoms with Crippen LogP contribution in [0.4, 0.5) is 0 Å². The van der Waals surface area contributed by atoms with E-state index in [1.54, 1.807) is 17.0 Å². The second-order valence-electron chi connectivity index (χ2n) is 7.67. The first-order valence-corrected chi connectivity index (χ1v) is 11.2. The van der Waals surface area contributed by atoms with Crippen LogP contribution in [0.15, 0.2) is 48.5 Å². The van der Waals surface area contributed by atoms with E-state index in [0.717, 1.165) is 17.1 Å². The van der Waals surface area contributed by atoms with E-state index in [0.29, 0.717) is 58.0 Å². The van der Waals surface area contributed by atoms with Crippen molar-refractivity contribution in [1.82, 2.24) is 9.80 Å². The van der Waals surface area contributed by atoms with Gasteiger partial charge in [0.2, 0.25) is 5.91 Å². The lowest BCUT2D eigenvalue weighted by Gasteiger charge is -2.34. The molecular weight excluding hydrogens is 408 g/mol. The van der Waals surface area contributed by atoms with Crippen LogP contribution in [0.1, 0.15) is 25.3 Å². The molecule has 1 heterocycles. The van der Waals surface area contributed by atoms with E-state index < -0.39 is 0 Å². The van der Waals surface area contributed by atoms with Gasteiger partial charge in [0.1, 0.15) is 17.2 Å². The molecule has 1 aliphatic heterocycles. The van der Waals surface area contributed by atoms with Crippen LogP contribution in [0.3, 0.4) is 0 Å². The first kappa shape index (κ1) is 23.4. The number of hydrogen-bond donors (Lipinski definition) is 0. The maximum absolute atomic E-state index is 12.5. The second kappa shape index (κ2) is 12.0. The molecule has 0 bridgehead atoms. The molecule has 7 heteroatoms. The highest BCUT2D eigenvalue weighted by Gasteiger charge is 2.24. The van der Waals surface area contributed by atoms with Crippen molar-refractivity contribution in [2.75, 3.05) is 46.0 Å². The molecule has 172 valence electrons. The van der Waals surface area contributed by atoms with E-state index in [-0.39, 0.29) is 18.4 Å². The fourth-order valence-electron chi connectivity index (χ4n) is 3.52. The predicted octanol–water partition coefficient (Wildman–Crippen LogP) is 3.30. The Morgan fingerprint density at radius 2 is 1.41 bits per heavy atom. The Morgan fingerprint density at radius 1 is 0.812 bits per heavy atom. The Balaban J connectivity index is 1.32. The van der Waals surface area contributed by atoms with Gasteiger partial charge in [-0.1, -0.05) is 18.2 Å². The summed E-state index contributed by atoms with van der Waals surface area (Å²) in [6, 6.07) is 15.1. The molecule has 0 radical (unpaired) electrons. The predicted molar refractivity (Wildman–Crippen MR) is 122 cm³/mol. The SMILES string of the molecule is CCOc1ccc(OCC(=O)N2CCN(C(=O)CCCOc3ccccc3C)CC2)cc1. The Kier molecular flexibility index (Phi) is 8.78. The zero-order valence-corrected chi connectivity index (χ0v) is 18.9. The van der Waals surface area contributed by atoms with Crippen molar-refractivity contribution >= 4 is 11.8 Å². The van der Waals surface area contributed by atoms with Crippen molar-refractivity contribution in [3.63, 3.8) is 0 Å². The summed E-state index contributed by atoms with van der Waals surface area (Å²) in [5.41, 5.74) is 1.09. The number of piperazine rings is 1. The maximum Gasteiger partial charge on any atom is 0.260 e. The summed E-state index contributed by atoms with van der Waals surface area (Å²) in [5.74, 6) is 2.30. The number of amides is 2. The van der Waals surface area contributed by atoms with Gasteiger partial charge in [0.15, 0.2) is 6.61 Å². The highest BCUT2D eigenvalue weighted by Crippen LogP contribution is 2.18. The van der Waals surface area contributed by atoms with Crippen molar-refractivity contribution in [2.24, 2.45) is 0 Å². The molecule has 0 saturated carbocycles.